The number of aromatic nitrogens is 1. The first kappa shape index (κ1) is 23.0. The smallest absolute Gasteiger partial charge is 0.319 e. The topological polar surface area (TPSA) is 127 Å². The number of benzene rings is 1. The number of anilines is 2. The lowest BCUT2D eigenvalue weighted by molar-refractivity contribution is -0.135. The quantitative estimate of drug-likeness (QED) is 0.498. The summed E-state index contributed by atoms with van der Waals surface area (Å²) in [5.74, 6) is 0.747. The van der Waals surface area contributed by atoms with Crippen molar-refractivity contribution in [3.63, 3.8) is 0 Å². The van der Waals surface area contributed by atoms with Crippen LogP contribution in [0.2, 0.25) is 0 Å². The highest BCUT2D eigenvalue weighted by atomic mass is 16.5. The molecule has 0 aliphatic carbocycles. The molecule has 2 fully saturated rings. The number of carbonyl (C=O) groups excluding carboxylic acids is 2. The van der Waals surface area contributed by atoms with Crippen molar-refractivity contribution in [3.05, 3.63) is 54.7 Å². The number of pyridine rings is 1. The van der Waals surface area contributed by atoms with Crippen molar-refractivity contribution in [1.82, 2.24) is 15.2 Å². The molecule has 0 bridgehead atoms. The fourth-order valence-corrected chi connectivity index (χ4v) is 4.08. The maximum Gasteiger partial charge on any atom is 0.319 e. The molecule has 4 rings (SSSR count). The second-order valence-corrected chi connectivity index (χ2v) is 8.16. The number of ether oxygens (including phenoxy) is 1. The number of para-hydroxylation sites is 1. The van der Waals surface area contributed by atoms with Gasteiger partial charge in [0.25, 0.3) is 0 Å². The summed E-state index contributed by atoms with van der Waals surface area (Å²) in [5.41, 5.74) is 0.634. The highest BCUT2D eigenvalue weighted by Crippen LogP contribution is 2.24. The van der Waals surface area contributed by atoms with E-state index < -0.39 is 30.4 Å². The first-order chi connectivity index (χ1) is 16.0. The molecular weight excluding hydrogens is 426 g/mol. The maximum atomic E-state index is 12.8. The van der Waals surface area contributed by atoms with E-state index in [9.17, 15) is 19.8 Å². The molecule has 0 saturated carbocycles. The van der Waals surface area contributed by atoms with Gasteiger partial charge >= 0.3 is 6.03 Å². The molecular formula is C23H29N5O5. The lowest BCUT2D eigenvalue weighted by atomic mass is 10.0. The van der Waals surface area contributed by atoms with Crippen LogP contribution in [0.1, 0.15) is 6.42 Å². The molecule has 0 radical (unpaired) electrons. The third-order valence-corrected chi connectivity index (χ3v) is 5.94. The van der Waals surface area contributed by atoms with Crippen LogP contribution >= 0.6 is 0 Å². The number of urea groups is 1. The van der Waals surface area contributed by atoms with Gasteiger partial charge in [0.2, 0.25) is 5.91 Å². The normalized spacial score (nSPS) is 25.0. The molecule has 2 aliphatic heterocycles. The van der Waals surface area contributed by atoms with E-state index in [2.05, 4.69) is 20.5 Å². The Bertz CT molecular complexity index is 923. The fraction of sp³-hybridized carbons (Fsp3) is 0.435. The van der Waals surface area contributed by atoms with Gasteiger partial charge in [-0.25, -0.2) is 9.78 Å². The van der Waals surface area contributed by atoms with Crippen LogP contribution in [0.15, 0.2) is 54.7 Å². The van der Waals surface area contributed by atoms with Gasteiger partial charge in [-0.1, -0.05) is 24.3 Å². The molecule has 10 nitrogen and oxygen atoms in total. The van der Waals surface area contributed by atoms with Crippen LogP contribution in [0.4, 0.5) is 16.3 Å². The zero-order valence-corrected chi connectivity index (χ0v) is 18.2. The van der Waals surface area contributed by atoms with Crippen molar-refractivity contribution in [2.45, 2.75) is 30.8 Å². The lowest BCUT2D eigenvalue weighted by Crippen LogP contribution is -2.50. The number of piperazine rings is 1. The minimum atomic E-state index is -1.20. The molecule has 176 valence electrons. The third-order valence-electron chi connectivity index (χ3n) is 5.94. The van der Waals surface area contributed by atoms with Gasteiger partial charge in [-0.05, 0) is 24.3 Å². The minimum absolute atomic E-state index is 0.00430. The summed E-state index contributed by atoms with van der Waals surface area (Å²) >= 11 is 0. The van der Waals surface area contributed by atoms with Crippen molar-refractivity contribution < 1.29 is 24.5 Å². The van der Waals surface area contributed by atoms with E-state index in [0.29, 0.717) is 31.9 Å². The highest BCUT2D eigenvalue weighted by molar-refractivity contribution is 5.89. The second kappa shape index (κ2) is 10.6. The predicted octanol–water partition coefficient (Wildman–Crippen LogP) is 0.431. The Morgan fingerprint density at radius 2 is 1.67 bits per heavy atom. The number of carbonyl (C=O) groups is 2. The van der Waals surface area contributed by atoms with E-state index >= 15 is 0 Å². The molecule has 4 atom stereocenters. The van der Waals surface area contributed by atoms with Crippen LogP contribution in [-0.4, -0.2) is 89.2 Å². The van der Waals surface area contributed by atoms with E-state index in [-0.39, 0.29) is 18.9 Å². The van der Waals surface area contributed by atoms with Crippen molar-refractivity contribution in [1.29, 1.82) is 0 Å². The first-order valence-electron chi connectivity index (χ1n) is 11.1. The average molecular weight is 456 g/mol. The molecule has 1 aromatic carbocycles. The molecule has 2 aromatic rings. The second-order valence-electron chi connectivity index (χ2n) is 8.16. The van der Waals surface area contributed by atoms with Gasteiger partial charge < -0.3 is 35.4 Å². The molecule has 4 N–H and O–H groups in total. The molecule has 2 saturated heterocycles. The van der Waals surface area contributed by atoms with Gasteiger partial charge in [0.15, 0.2) is 0 Å². The van der Waals surface area contributed by atoms with Gasteiger partial charge in [0, 0.05) is 44.6 Å². The summed E-state index contributed by atoms with van der Waals surface area (Å²) in [4.78, 5) is 33.0. The largest absolute Gasteiger partial charge is 0.388 e. The summed E-state index contributed by atoms with van der Waals surface area (Å²) in [6.07, 6.45) is -2.32. The van der Waals surface area contributed by atoms with E-state index in [1.807, 2.05) is 24.3 Å². The lowest BCUT2D eigenvalue weighted by Gasteiger charge is -2.36. The Morgan fingerprint density at radius 3 is 2.36 bits per heavy atom. The number of hydrogen-bond donors (Lipinski definition) is 4. The SMILES string of the molecule is O=C(NCC1OC(CC(=O)N2CCN(c3ccccn3)CC2)C(O)C1O)Nc1ccccc1. The molecule has 2 aliphatic rings. The molecule has 4 unspecified atom stereocenters. The molecule has 10 heteroatoms. The number of aliphatic hydroxyl groups excluding tert-OH is 2. The van der Waals surface area contributed by atoms with Crippen LogP contribution in [0.25, 0.3) is 0 Å². The number of hydrogen-bond acceptors (Lipinski definition) is 7. The van der Waals surface area contributed by atoms with Gasteiger partial charge in [0.05, 0.1) is 12.5 Å². The van der Waals surface area contributed by atoms with Crippen LogP contribution < -0.4 is 15.5 Å². The Labute approximate surface area is 192 Å². The molecule has 0 spiro atoms. The maximum absolute atomic E-state index is 12.8. The monoisotopic (exact) mass is 455 g/mol. The van der Waals surface area contributed by atoms with Gasteiger partial charge in [0.1, 0.15) is 24.1 Å². The first-order valence-corrected chi connectivity index (χ1v) is 11.1. The average Bonchev–Trinajstić information content (AvgIpc) is 3.12. The Kier molecular flexibility index (Phi) is 7.38. The van der Waals surface area contributed by atoms with Crippen LogP contribution in [0.3, 0.4) is 0 Å². The van der Waals surface area contributed by atoms with E-state index in [0.717, 1.165) is 5.82 Å². The summed E-state index contributed by atoms with van der Waals surface area (Å²) < 4.78 is 5.73. The Morgan fingerprint density at radius 1 is 0.970 bits per heavy atom. The highest BCUT2D eigenvalue weighted by Gasteiger charge is 2.44. The van der Waals surface area contributed by atoms with Gasteiger partial charge in [-0.2, -0.15) is 0 Å². The fourth-order valence-electron chi connectivity index (χ4n) is 4.08. The molecule has 33 heavy (non-hydrogen) atoms. The third kappa shape index (κ3) is 5.78. The number of amides is 3. The van der Waals surface area contributed by atoms with Gasteiger partial charge in [-0.3, -0.25) is 4.79 Å². The van der Waals surface area contributed by atoms with E-state index in [4.69, 9.17) is 4.74 Å². The number of rotatable bonds is 6. The zero-order valence-electron chi connectivity index (χ0n) is 18.2. The molecule has 1 aromatic heterocycles. The zero-order chi connectivity index (χ0) is 23.2. The van der Waals surface area contributed by atoms with Gasteiger partial charge in [-0.15, -0.1) is 0 Å². The number of nitrogens with one attached hydrogen (secondary N) is 2. The standard InChI is InChI=1S/C23H29N5O5/c29-20(28-12-10-27(11-13-28)19-8-4-5-9-24-19)14-17-21(30)22(31)18(33-17)15-25-23(32)26-16-6-2-1-3-7-16/h1-9,17-18,21-22,30-31H,10-15H2,(H2,25,26,32). The molecule has 3 amide bonds. The van der Waals surface area contributed by atoms with Crippen molar-refractivity contribution >= 4 is 23.4 Å². The van der Waals surface area contributed by atoms with E-state index in [1.165, 1.54) is 0 Å². The predicted molar refractivity (Wildman–Crippen MR) is 122 cm³/mol. The van der Waals surface area contributed by atoms with Crippen molar-refractivity contribution in [3.8, 4) is 0 Å². The number of aliphatic hydroxyl groups is 2. The Hall–Kier alpha value is -3.21. The van der Waals surface area contributed by atoms with Crippen molar-refractivity contribution in [2.24, 2.45) is 0 Å². The van der Waals surface area contributed by atoms with Crippen LogP contribution in [-0.2, 0) is 9.53 Å². The minimum Gasteiger partial charge on any atom is -0.388 e. The van der Waals surface area contributed by atoms with E-state index in [1.54, 1.807) is 35.4 Å². The summed E-state index contributed by atoms with van der Waals surface area (Å²) in [6.45, 7) is 2.44. The molecule has 3 heterocycles. The summed E-state index contributed by atoms with van der Waals surface area (Å²) in [5, 5.41) is 26.0. The van der Waals surface area contributed by atoms with Crippen LogP contribution in [0.5, 0.6) is 0 Å². The summed E-state index contributed by atoms with van der Waals surface area (Å²) in [7, 11) is 0. The van der Waals surface area contributed by atoms with Crippen molar-refractivity contribution in [2.75, 3.05) is 42.9 Å². The van der Waals surface area contributed by atoms with Crippen LogP contribution in [0, 0.1) is 0 Å². The summed E-state index contributed by atoms with van der Waals surface area (Å²) in [6, 6.07) is 14.2. The number of nitrogens with zero attached hydrogens (tertiary/aromatic N) is 3. The Balaban J connectivity index is 1.22.